The molecule has 3 nitrogen and oxygen atoms in total. The van der Waals surface area contributed by atoms with Gasteiger partial charge < -0.3 is 14.8 Å². The molecule has 0 bridgehead atoms. The molecule has 0 aromatic heterocycles. The number of hydrogen-bond acceptors (Lipinski definition) is 3. The Morgan fingerprint density at radius 2 is 2.17 bits per heavy atom. The summed E-state index contributed by atoms with van der Waals surface area (Å²) in [4.78, 5) is 0. The number of halogens is 1. The molecule has 1 spiro atoms. The van der Waals surface area contributed by atoms with Gasteiger partial charge in [-0.15, -0.1) is 0 Å². The lowest BCUT2D eigenvalue weighted by Crippen LogP contribution is -2.52. The van der Waals surface area contributed by atoms with Crippen LogP contribution < -0.4 is 5.32 Å². The average Bonchev–Trinajstić information content (AvgIpc) is 2.55. The molecule has 12 heavy (non-hydrogen) atoms. The Kier molecular flexibility index (Phi) is 2.30. The van der Waals surface area contributed by atoms with Gasteiger partial charge in [-0.25, -0.2) is 0 Å². The fourth-order valence-electron chi connectivity index (χ4n) is 1.92. The second kappa shape index (κ2) is 3.28. The molecule has 0 amide bonds. The Morgan fingerprint density at radius 3 is 2.83 bits per heavy atom. The third-order valence-electron chi connectivity index (χ3n) is 2.63. The van der Waals surface area contributed by atoms with E-state index in [1.807, 2.05) is 0 Å². The van der Waals surface area contributed by atoms with Gasteiger partial charge in [0.05, 0.1) is 25.8 Å². The molecule has 2 aliphatic rings. The van der Waals surface area contributed by atoms with E-state index in [-0.39, 0.29) is 12.6 Å². The van der Waals surface area contributed by atoms with E-state index >= 15 is 0 Å². The molecule has 4 heteroatoms. The molecule has 2 saturated heterocycles. The Hall–Kier alpha value is -0.190. The Morgan fingerprint density at radius 1 is 1.42 bits per heavy atom. The van der Waals surface area contributed by atoms with Gasteiger partial charge in [-0.2, -0.15) is 0 Å². The molecule has 0 radical (unpaired) electrons. The molecule has 1 N–H and O–H groups in total. The minimum absolute atomic E-state index is 0.131. The molecule has 1 unspecified atom stereocenters. The van der Waals surface area contributed by atoms with Crippen LogP contribution in [0.25, 0.3) is 0 Å². The van der Waals surface area contributed by atoms with Crippen LogP contribution in [0.1, 0.15) is 6.42 Å². The number of piperidine rings is 1. The van der Waals surface area contributed by atoms with Crippen LogP contribution in [-0.2, 0) is 9.47 Å². The van der Waals surface area contributed by atoms with Crippen molar-refractivity contribution >= 4 is 0 Å². The van der Waals surface area contributed by atoms with Crippen LogP contribution in [0.2, 0.25) is 0 Å². The number of rotatable bonds is 1. The maximum atomic E-state index is 12.6. The molecule has 2 heterocycles. The van der Waals surface area contributed by atoms with Crippen molar-refractivity contribution in [3.63, 3.8) is 0 Å². The SMILES string of the molecule is FCC1CNCCC12OCCO2. The predicted octanol–water partition coefficient (Wildman–Crippen LogP) is 0.308. The quantitative estimate of drug-likeness (QED) is 0.622. The third-order valence-corrected chi connectivity index (χ3v) is 2.63. The van der Waals surface area contributed by atoms with Crippen molar-refractivity contribution in [2.24, 2.45) is 5.92 Å². The van der Waals surface area contributed by atoms with Crippen molar-refractivity contribution < 1.29 is 13.9 Å². The first kappa shape index (κ1) is 8.41. The van der Waals surface area contributed by atoms with Gasteiger partial charge in [-0.1, -0.05) is 0 Å². The van der Waals surface area contributed by atoms with E-state index in [1.165, 1.54) is 0 Å². The molecule has 0 saturated carbocycles. The Balaban J connectivity index is 2.07. The Labute approximate surface area is 71.2 Å². The van der Waals surface area contributed by atoms with E-state index < -0.39 is 5.79 Å². The summed E-state index contributed by atoms with van der Waals surface area (Å²) in [6, 6.07) is 0. The summed E-state index contributed by atoms with van der Waals surface area (Å²) < 4.78 is 23.5. The van der Waals surface area contributed by atoms with E-state index in [4.69, 9.17) is 9.47 Å². The zero-order chi connectivity index (χ0) is 8.44. The lowest BCUT2D eigenvalue weighted by molar-refractivity contribution is -0.210. The zero-order valence-corrected chi connectivity index (χ0v) is 7.01. The highest BCUT2D eigenvalue weighted by molar-refractivity contribution is 4.88. The van der Waals surface area contributed by atoms with Gasteiger partial charge in [0.15, 0.2) is 5.79 Å². The maximum absolute atomic E-state index is 12.6. The van der Waals surface area contributed by atoms with Crippen LogP contribution in [0.5, 0.6) is 0 Å². The molecule has 0 aromatic carbocycles. The van der Waals surface area contributed by atoms with Crippen LogP contribution in [0.15, 0.2) is 0 Å². The number of ether oxygens (including phenoxy) is 2. The van der Waals surface area contributed by atoms with Gasteiger partial charge in [0.2, 0.25) is 0 Å². The van der Waals surface area contributed by atoms with E-state index in [9.17, 15) is 4.39 Å². The molecular formula is C8H14FNO2. The molecule has 2 fully saturated rings. The van der Waals surface area contributed by atoms with E-state index in [1.54, 1.807) is 0 Å². The van der Waals surface area contributed by atoms with Gasteiger partial charge >= 0.3 is 0 Å². The highest BCUT2D eigenvalue weighted by Crippen LogP contribution is 2.33. The fraction of sp³-hybridized carbons (Fsp3) is 1.00. The first-order chi connectivity index (χ1) is 5.87. The van der Waals surface area contributed by atoms with E-state index in [2.05, 4.69) is 5.32 Å². The number of alkyl halides is 1. The molecule has 2 rings (SSSR count). The van der Waals surface area contributed by atoms with Crippen LogP contribution in [0.3, 0.4) is 0 Å². The zero-order valence-electron chi connectivity index (χ0n) is 7.01. The molecule has 70 valence electrons. The van der Waals surface area contributed by atoms with Gasteiger partial charge in [-0.3, -0.25) is 4.39 Å². The minimum atomic E-state index is -0.597. The first-order valence-electron chi connectivity index (χ1n) is 4.42. The monoisotopic (exact) mass is 175 g/mol. The highest BCUT2D eigenvalue weighted by Gasteiger charge is 2.45. The van der Waals surface area contributed by atoms with Gasteiger partial charge in [0.25, 0.3) is 0 Å². The first-order valence-corrected chi connectivity index (χ1v) is 4.42. The van der Waals surface area contributed by atoms with Crippen LogP contribution >= 0.6 is 0 Å². The topological polar surface area (TPSA) is 30.5 Å². The second-order valence-corrected chi connectivity index (χ2v) is 3.31. The summed E-state index contributed by atoms with van der Waals surface area (Å²) in [5.74, 6) is -0.728. The maximum Gasteiger partial charge on any atom is 0.176 e. The van der Waals surface area contributed by atoms with Crippen molar-refractivity contribution in [1.82, 2.24) is 5.32 Å². The summed E-state index contributed by atoms with van der Waals surface area (Å²) in [7, 11) is 0. The summed E-state index contributed by atoms with van der Waals surface area (Å²) in [5.41, 5.74) is 0. The predicted molar refractivity (Wildman–Crippen MR) is 41.6 cm³/mol. The normalized spacial score (nSPS) is 34.2. The summed E-state index contributed by atoms with van der Waals surface area (Å²) >= 11 is 0. The van der Waals surface area contributed by atoms with E-state index in [0.717, 1.165) is 13.0 Å². The van der Waals surface area contributed by atoms with Gasteiger partial charge in [0.1, 0.15) is 0 Å². The molecule has 2 aliphatic heterocycles. The van der Waals surface area contributed by atoms with Crippen molar-refractivity contribution in [2.75, 3.05) is 33.0 Å². The summed E-state index contributed by atoms with van der Waals surface area (Å²) in [5, 5.41) is 3.14. The standard InChI is InChI=1S/C8H14FNO2/c9-5-7-6-10-2-1-8(7)11-3-4-12-8/h7,10H,1-6H2. The second-order valence-electron chi connectivity index (χ2n) is 3.31. The van der Waals surface area contributed by atoms with Crippen molar-refractivity contribution in [1.29, 1.82) is 0 Å². The van der Waals surface area contributed by atoms with Gasteiger partial charge in [0, 0.05) is 19.5 Å². The minimum Gasteiger partial charge on any atom is -0.347 e. The number of hydrogen-bond donors (Lipinski definition) is 1. The average molecular weight is 175 g/mol. The van der Waals surface area contributed by atoms with E-state index in [0.29, 0.717) is 19.8 Å². The lowest BCUT2D eigenvalue weighted by Gasteiger charge is -2.38. The van der Waals surface area contributed by atoms with Crippen molar-refractivity contribution in [2.45, 2.75) is 12.2 Å². The third kappa shape index (κ3) is 1.24. The largest absolute Gasteiger partial charge is 0.347 e. The van der Waals surface area contributed by atoms with Crippen molar-refractivity contribution in [3.8, 4) is 0 Å². The van der Waals surface area contributed by atoms with Crippen LogP contribution in [-0.4, -0.2) is 38.8 Å². The lowest BCUT2D eigenvalue weighted by atomic mass is 9.93. The number of nitrogens with one attached hydrogen (secondary N) is 1. The fourth-order valence-corrected chi connectivity index (χ4v) is 1.92. The van der Waals surface area contributed by atoms with Crippen LogP contribution in [0, 0.1) is 5.92 Å². The Bertz CT molecular complexity index is 159. The van der Waals surface area contributed by atoms with Gasteiger partial charge in [-0.05, 0) is 0 Å². The summed E-state index contributed by atoms with van der Waals surface area (Å²) in [6.07, 6.45) is 0.765. The van der Waals surface area contributed by atoms with Crippen LogP contribution in [0.4, 0.5) is 4.39 Å². The summed E-state index contributed by atoms with van der Waals surface area (Å²) in [6.45, 7) is 2.37. The molecule has 0 aromatic rings. The molecule has 0 aliphatic carbocycles. The smallest absolute Gasteiger partial charge is 0.176 e. The molecule has 1 atom stereocenters. The molecular weight excluding hydrogens is 161 g/mol. The highest BCUT2D eigenvalue weighted by atomic mass is 19.1. The van der Waals surface area contributed by atoms with Crippen molar-refractivity contribution in [3.05, 3.63) is 0 Å².